The van der Waals surface area contributed by atoms with E-state index in [0.29, 0.717) is 11.3 Å². The molecule has 0 aliphatic rings. The molecule has 22 heavy (non-hydrogen) atoms. The van der Waals surface area contributed by atoms with Crippen LogP contribution in [0.25, 0.3) is 0 Å². The van der Waals surface area contributed by atoms with Gasteiger partial charge in [-0.05, 0) is 24.3 Å². The number of anilines is 1. The third kappa shape index (κ3) is 3.47. The van der Waals surface area contributed by atoms with Crippen molar-refractivity contribution in [1.29, 1.82) is 0 Å². The Bertz CT molecular complexity index is 739. The molecule has 0 aliphatic carbocycles. The Labute approximate surface area is 130 Å². The van der Waals surface area contributed by atoms with E-state index in [2.05, 4.69) is 5.32 Å². The van der Waals surface area contributed by atoms with E-state index in [0.717, 1.165) is 11.3 Å². The summed E-state index contributed by atoms with van der Waals surface area (Å²) >= 11 is 0.797. The number of hydrogen-bond donors (Lipinski definition) is 1. The van der Waals surface area contributed by atoms with Gasteiger partial charge in [-0.3, -0.25) is 19.7 Å². The molecular formula is C14H13N3O4S. The fraction of sp³-hybridized carbons (Fsp3) is 0.143. The standard InChI is InChI=1S/C14H13N3O4S/c1-16(2)14(19)9-4-3-5-10(8-9)15-13(18)11-6-7-12(22-11)17(20)21/h3-8H,1-2H3,(H,15,18). The van der Waals surface area contributed by atoms with Crippen molar-refractivity contribution in [3.05, 3.63) is 57.0 Å². The van der Waals surface area contributed by atoms with Crippen LogP contribution in [-0.2, 0) is 0 Å². The van der Waals surface area contributed by atoms with E-state index in [4.69, 9.17) is 0 Å². The Morgan fingerprint density at radius 1 is 1.23 bits per heavy atom. The number of nitro groups is 1. The number of carbonyl (C=O) groups excluding carboxylic acids is 2. The average Bonchev–Trinajstić information content (AvgIpc) is 2.96. The molecule has 0 unspecified atom stereocenters. The highest BCUT2D eigenvalue weighted by molar-refractivity contribution is 7.17. The van der Waals surface area contributed by atoms with Crippen LogP contribution in [-0.4, -0.2) is 35.7 Å². The van der Waals surface area contributed by atoms with Crippen LogP contribution in [0.15, 0.2) is 36.4 Å². The first-order valence-electron chi connectivity index (χ1n) is 6.26. The van der Waals surface area contributed by atoms with Crippen molar-refractivity contribution in [1.82, 2.24) is 4.90 Å². The SMILES string of the molecule is CN(C)C(=O)c1cccc(NC(=O)c2ccc([N+](=O)[O-])s2)c1. The summed E-state index contributed by atoms with van der Waals surface area (Å²) in [6.07, 6.45) is 0. The van der Waals surface area contributed by atoms with E-state index in [1.54, 1.807) is 38.4 Å². The van der Waals surface area contributed by atoms with E-state index in [9.17, 15) is 19.7 Å². The minimum atomic E-state index is -0.544. The lowest BCUT2D eigenvalue weighted by Gasteiger charge is -2.11. The molecular weight excluding hydrogens is 306 g/mol. The molecule has 7 nitrogen and oxygen atoms in total. The lowest BCUT2D eigenvalue weighted by molar-refractivity contribution is -0.380. The van der Waals surface area contributed by atoms with Crippen molar-refractivity contribution in [3.63, 3.8) is 0 Å². The minimum absolute atomic E-state index is 0.0957. The molecule has 0 fully saturated rings. The van der Waals surface area contributed by atoms with E-state index < -0.39 is 10.8 Å². The summed E-state index contributed by atoms with van der Waals surface area (Å²) in [5.74, 6) is -0.629. The van der Waals surface area contributed by atoms with Gasteiger partial charge < -0.3 is 10.2 Å². The molecule has 0 aliphatic heterocycles. The second kappa shape index (κ2) is 6.35. The van der Waals surface area contributed by atoms with Crippen LogP contribution in [0.3, 0.4) is 0 Å². The molecule has 1 N–H and O–H groups in total. The normalized spacial score (nSPS) is 10.1. The number of nitrogens with zero attached hydrogens (tertiary/aromatic N) is 2. The Morgan fingerprint density at radius 3 is 2.55 bits per heavy atom. The first-order chi connectivity index (χ1) is 10.4. The Hall–Kier alpha value is -2.74. The van der Waals surface area contributed by atoms with Crippen molar-refractivity contribution in [3.8, 4) is 0 Å². The molecule has 2 aromatic rings. The van der Waals surface area contributed by atoms with Gasteiger partial charge in [0, 0.05) is 31.4 Å². The van der Waals surface area contributed by atoms with Crippen molar-refractivity contribution in [2.75, 3.05) is 19.4 Å². The average molecular weight is 319 g/mol. The van der Waals surface area contributed by atoms with Gasteiger partial charge in [0.05, 0.1) is 9.80 Å². The number of benzene rings is 1. The van der Waals surface area contributed by atoms with Crippen LogP contribution in [0.2, 0.25) is 0 Å². The Kier molecular flexibility index (Phi) is 4.52. The number of thiophene rings is 1. The number of amides is 2. The monoisotopic (exact) mass is 319 g/mol. The van der Waals surface area contributed by atoms with Gasteiger partial charge in [0.25, 0.3) is 11.8 Å². The fourth-order valence-electron chi connectivity index (χ4n) is 1.73. The molecule has 0 atom stereocenters. The molecule has 2 amide bonds. The number of rotatable bonds is 4. The molecule has 1 aromatic carbocycles. The first-order valence-corrected chi connectivity index (χ1v) is 7.07. The molecule has 2 rings (SSSR count). The zero-order valence-corrected chi connectivity index (χ0v) is 12.7. The van der Waals surface area contributed by atoms with Crippen molar-refractivity contribution in [2.24, 2.45) is 0 Å². The fourth-order valence-corrected chi connectivity index (χ4v) is 2.44. The van der Waals surface area contributed by atoms with Crippen LogP contribution in [0.5, 0.6) is 0 Å². The van der Waals surface area contributed by atoms with Crippen LogP contribution in [0, 0.1) is 10.1 Å². The third-order valence-electron chi connectivity index (χ3n) is 2.77. The Morgan fingerprint density at radius 2 is 1.95 bits per heavy atom. The summed E-state index contributed by atoms with van der Waals surface area (Å²) in [7, 11) is 3.27. The molecule has 0 saturated carbocycles. The molecule has 0 bridgehead atoms. The zero-order valence-electron chi connectivity index (χ0n) is 11.9. The summed E-state index contributed by atoms with van der Waals surface area (Å²) in [5.41, 5.74) is 0.897. The minimum Gasteiger partial charge on any atom is -0.345 e. The van der Waals surface area contributed by atoms with Gasteiger partial charge in [-0.2, -0.15) is 0 Å². The van der Waals surface area contributed by atoms with Crippen LogP contribution in [0.1, 0.15) is 20.0 Å². The van der Waals surface area contributed by atoms with Crippen molar-refractivity contribution >= 4 is 33.8 Å². The van der Waals surface area contributed by atoms with Gasteiger partial charge in [0.1, 0.15) is 0 Å². The van der Waals surface area contributed by atoms with E-state index in [-0.39, 0.29) is 15.8 Å². The van der Waals surface area contributed by atoms with E-state index in [1.165, 1.54) is 17.0 Å². The van der Waals surface area contributed by atoms with Crippen molar-refractivity contribution in [2.45, 2.75) is 0 Å². The highest BCUT2D eigenvalue weighted by Crippen LogP contribution is 2.24. The third-order valence-corrected chi connectivity index (χ3v) is 3.80. The lowest BCUT2D eigenvalue weighted by Crippen LogP contribution is -2.21. The summed E-state index contributed by atoms with van der Waals surface area (Å²) in [4.78, 5) is 35.7. The van der Waals surface area contributed by atoms with Gasteiger partial charge in [-0.25, -0.2) is 0 Å². The summed E-state index contributed by atoms with van der Waals surface area (Å²) in [6.45, 7) is 0. The first kappa shape index (κ1) is 15.6. The Balaban J connectivity index is 2.16. The smallest absolute Gasteiger partial charge is 0.324 e. The molecule has 8 heteroatoms. The number of carbonyl (C=O) groups is 2. The highest BCUT2D eigenvalue weighted by Gasteiger charge is 2.16. The molecule has 0 spiro atoms. The van der Waals surface area contributed by atoms with Crippen molar-refractivity contribution < 1.29 is 14.5 Å². The molecule has 1 heterocycles. The van der Waals surface area contributed by atoms with Crippen LogP contribution < -0.4 is 5.32 Å². The van der Waals surface area contributed by atoms with Gasteiger partial charge in [0.2, 0.25) is 0 Å². The van der Waals surface area contributed by atoms with E-state index >= 15 is 0 Å². The molecule has 0 radical (unpaired) electrons. The van der Waals surface area contributed by atoms with Gasteiger partial charge in [0.15, 0.2) is 0 Å². The van der Waals surface area contributed by atoms with Gasteiger partial charge in [-0.15, -0.1) is 0 Å². The zero-order chi connectivity index (χ0) is 16.3. The largest absolute Gasteiger partial charge is 0.345 e. The maximum absolute atomic E-state index is 12.0. The molecule has 1 aromatic heterocycles. The van der Waals surface area contributed by atoms with E-state index in [1.807, 2.05) is 0 Å². The summed E-state index contributed by atoms with van der Waals surface area (Å²) < 4.78 is 0. The van der Waals surface area contributed by atoms with Gasteiger partial charge >= 0.3 is 5.00 Å². The number of hydrogen-bond acceptors (Lipinski definition) is 5. The molecule has 114 valence electrons. The van der Waals surface area contributed by atoms with Crippen LogP contribution in [0.4, 0.5) is 10.7 Å². The lowest BCUT2D eigenvalue weighted by atomic mass is 10.2. The topological polar surface area (TPSA) is 92.6 Å². The van der Waals surface area contributed by atoms with Crippen LogP contribution >= 0.6 is 11.3 Å². The summed E-state index contributed by atoms with van der Waals surface area (Å²) in [5, 5.41) is 13.1. The molecule has 0 saturated heterocycles. The predicted molar refractivity (Wildman–Crippen MR) is 83.4 cm³/mol. The van der Waals surface area contributed by atoms with Gasteiger partial charge in [-0.1, -0.05) is 17.4 Å². The predicted octanol–water partition coefficient (Wildman–Crippen LogP) is 2.61. The second-order valence-electron chi connectivity index (χ2n) is 4.63. The quantitative estimate of drug-likeness (QED) is 0.692. The second-order valence-corrected chi connectivity index (χ2v) is 5.69. The maximum atomic E-state index is 12.0. The summed E-state index contributed by atoms with van der Waals surface area (Å²) in [6, 6.07) is 9.18. The highest BCUT2D eigenvalue weighted by atomic mass is 32.1. The maximum Gasteiger partial charge on any atom is 0.324 e. The number of nitrogens with one attached hydrogen (secondary N) is 1.